The molecule has 1 fully saturated rings. The Kier molecular flexibility index (Phi) is 6.66. The highest BCUT2D eigenvalue weighted by Gasteiger charge is 2.27. The molecule has 1 N–H and O–H groups in total. The summed E-state index contributed by atoms with van der Waals surface area (Å²) < 4.78 is 5.87. The van der Waals surface area contributed by atoms with Crippen LogP contribution in [0.25, 0.3) is 0 Å². The molecule has 1 atom stereocenters. The Morgan fingerprint density at radius 3 is 2.81 bits per heavy atom. The van der Waals surface area contributed by atoms with Gasteiger partial charge < -0.3 is 9.73 Å². The smallest absolute Gasteiger partial charge is 0.277 e. The summed E-state index contributed by atoms with van der Waals surface area (Å²) in [6.45, 7) is 4.52. The van der Waals surface area contributed by atoms with Gasteiger partial charge in [0.15, 0.2) is 0 Å². The molecule has 1 aliphatic rings. The van der Waals surface area contributed by atoms with Crippen molar-refractivity contribution in [3.05, 3.63) is 36.0 Å². The van der Waals surface area contributed by atoms with Gasteiger partial charge >= 0.3 is 0 Å². The van der Waals surface area contributed by atoms with Crippen molar-refractivity contribution in [2.75, 3.05) is 0 Å². The summed E-state index contributed by atoms with van der Waals surface area (Å²) in [6.07, 6.45) is 9.45. The fourth-order valence-corrected chi connectivity index (χ4v) is 4.08. The Morgan fingerprint density at radius 2 is 2.12 bits per heavy atom. The third kappa shape index (κ3) is 5.06. The molecule has 0 radical (unpaired) electrons. The van der Waals surface area contributed by atoms with Crippen LogP contribution in [0, 0.1) is 5.92 Å². The standard InChI is InChI=1S/C19H26N4O2S/c1-13(2)16(17(24)21-12-14-7-6-10-20-11-14)26-19-23-22-18(25-19)15-8-4-3-5-9-15/h6-7,10-11,13,15-16H,3-5,8-9,12H2,1-2H3,(H,21,24)/t16-/m0/s1. The molecule has 6 nitrogen and oxygen atoms in total. The maximum absolute atomic E-state index is 12.6. The fraction of sp³-hybridized carbons (Fsp3) is 0.579. The first kappa shape index (κ1) is 18.9. The SMILES string of the molecule is CC(C)[C@H](Sc1nnc(C2CCCCC2)o1)C(=O)NCc1cccnc1. The predicted octanol–water partition coefficient (Wildman–Crippen LogP) is 3.95. The van der Waals surface area contributed by atoms with Gasteiger partial charge in [0.05, 0.1) is 5.25 Å². The third-order valence-corrected chi connectivity index (χ3v) is 6.04. The monoisotopic (exact) mass is 374 g/mol. The summed E-state index contributed by atoms with van der Waals surface area (Å²) in [4.78, 5) is 16.7. The number of pyridine rings is 1. The van der Waals surface area contributed by atoms with E-state index < -0.39 is 0 Å². The first-order valence-corrected chi connectivity index (χ1v) is 10.2. The number of rotatable bonds is 7. The minimum absolute atomic E-state index is 0.0220. The summed E-state index contributed by atoms with van der Waals surface area (Å²) in [5, 5.41) is 11.6. The summed E-state index contributed by atoms with van der Waals surface area (Å²) in [5.41, 5.74) is 0.978. The second-order valence-electron chi connectivity index (χ2n) is 7.10. The van der Waals surface area contributed by atoms with Crippen LogP contribution < -0.4 is 5.32 Å². The number of hydrogen-bond donors (Lipinski definition) is 1. The lowest BCUT2D eigenvalue weighted by atomic mass is 9.89. The van der Waals surface area contributed by atoms with E-state index in [9.17, 15) is 4.79 Å². The van der Waals surface area contributed by atoms with Crippen molar-refractivity contribution in [2.45, 2.75) is 68.9 Å². The van der Waals surface area contributed by atoms with Crippen molar-refractivity contribution in [3.63, 3.8) is 0 Å². The largest absolute Gasteiger partial charge is 0.416 e. The van der Waals surface area contributed by atoms with Gasteiger partial charge in [-0.25, -0.2) is 0 Å². The van der Waals surface area contributed by atoms with E-state index in [2.05, 4.69) is 20.5 Å². The quantitative estimate of drug-likeness (QED) is 0.739. The molecule has 2 heterocycles. The number of aromatic nitrogens is 3. The van der Waals surface area contributed by atoms with E-state index in [1.165, 1.54) is 31.0 Å². The van der Waals surface area contributed by atoms with Gasteiger partial charge in [-0.3, -0.25) is 9.78 Å². The van der Waals surface area contributed by atoms with Gasteiger partial charge in [0.2, 0.25) is 11.8 Å². The van der Waals surface area contributed by atoms with Crippen LogP contribution in [0.1, 0.15) is 63.3 Å². The van der Waals surface area contributed by atoms with E-state index in [1.54, 1.807) is 12.4 Å². The van der Waals surface area contributed by atoms with Crippen LogP contribution in [-0.4, -0.2) is 26.3 Å². The predicted molar refractivity (Wildman–Crippen MR) is 101 cm³/mol. The van der Waals surface area contributed by atoms with Crippen LogP contribution in [0.3, 0.4) is 0 Å². The number of nitrogens with zero attached hydrogens (tertiary/aromatic N) is 3. The van der Waals surface area contributed by atoms with Crippen molar-refractivity contribution in [3.8, 4) is 0 Å². The van der Waals surface area contributed by atoms with E-state index in [0.29, 0.717) is 17.7 Å². The number of thioether (sulfide) groups is 1. The lowest BCUT2D eigenvalue weighted by Gasteiger charge is -2.18. The molecule has 7 heteroatoms. The Labute approximate surface area is 158 Å². The van der Waals surface area contributed by atoms with Gasteiger partial charge in [-0.2, -0.15) is 0 Å². The van der Waals surface area contributed by atoms with E-state index in [-0.39, 0.29) is 17.1 Å². The molecule has 140 valence electrons. The Hall–Kier alpha value is -1.89. The zero-order valence-corrected chi connectivity index (χ0v) is 16.2. The Bertz CT molecular complexity index is 699. The zero-order chi connectivity index (χ0) is 18.4. The number of carbonyl (C=O) groups excluding carboxylic acids is 1. The fourth-order valence-electron chi connectivity index (χ4n) is 3.18. The van der Waals surface area contributed by atoms with Crippen LogP contribution in [-0.2, 0) is 11.3 Å². The highest BCUT2D eigenvalue weighted by atomic mass is 32.2. The third-order valence-electron chi connectivity index (χ3n) is 4.66. The molecule has 1 aliphatic carbocycles. The van der Waals surface area contributed by atoms with Crippen LogP contribution in [0.5, 0.6) is 0 Å². The van der Waals surface area contributed by atoms with Crippen LogP contribution in [0.2, 0.25) is 0 Å². The minimum atomic E-state index is -0.272. The van der Waals surface area contributed by atoms with Crippen LogP contribution in [0.4, 0.5) is 0 Å². The molecule has 2 aromatic heterocycles. The molecule has 0 unspecified atom stereocenters. The molecule has 0 spiro atoms. The summed E-state index contributed by atoms with van der Waals surface area (Å²) in [6, 6.07) is 3.81. The topological polar surface area (TPSA) is 80.9 Å². The second-order valence-corrected chi connectivity index (χ2v) is 8.20. The van der Waals surface area contributed by atoms with E-state index in [1.807, 2.05) is 26.0 Å². The van der Waals surface area contributed by atoms with Gasteiger partial charge in [-0.1, -0.05) is 50.9 Å². The molecule has 2 aromatic rings. The molecular formula is C19H26N4O2S. The lowest BCUT2D eigenvalue weighted by molar-refractivity contribution is -0.121. The molecule has 0 saturated heterocycles. The number of hydrogen-bond acceptors (Lipinski definition) is 6. The zero-order valence-electron chi connectivity index (χ0n) is 15.4. The van der Waals surface area contributed by atoms with Crippen LogP contribution in [0.15, 0.2) is 34.2 Å². The summed E-state index contributed by atoms with van der Waals surface area (Å²) >= 11 is 1.36. The van der Waals surface area contributed by atoms with Crippen molar-refractivity contribution in [2.24, 2.45) is 5.92 Å². The maximum atomic E-state index is 12.6. The maximum Gasteiger partial charge on any atom is 0.277 e. The number of carbonyl (C=O) groups is 1. The van der Waals surface area contributed by atoms with Crippen LogP contribution >= 0.6 is 11.8 Å². The van der Waals surface area contributed by atoms with E-state index >= 15 is 0 Å². The Morgan fingerprint density at radius 1 is 1.31 bits per heavy atom. The highest BCUT2D eigenvalue weighted by Crippen LogP contribution is 2.34. The molecule has 26 heavy (non-hydrogen) atoms. The first-order chi connectivity index (χ1) is 12.6. The molecule has 0 aromatic carbocycles. The van der Waals surface area contributed by atoms with E-state index in [4.69, 9.17) is 4.42 Å². The van der Waals surface area contributed by atoms with Crippen molar-refractivity contribution in [1.82, 2.24) is 20.5 Å². The Balaban J connectivity index is 1.59. The van der Waals surface area contributed by atoms with Gasteiger partial charge in [-0.15, -0.1) is 10.2 Å². The summed E-state index contributed by atoms with van der Waals surface area (Å²) in [7, 11) is 0. The molecule has 3 rings (SSSR count). The van der Waals surface area contributed by atoms with Gasteiger partial charge in [0, 0.05) is 24.9 Å². The normalized spacial score (nSPS) is 16.6. The van der Waals surface area contributed by atoms with Gasteiger partial charge in [-0.05, 0) is 30.4 Å². The average Bonchev–Trinajstić information content (AvgIpc) is 3.14. The highest BCUT2D eigenvalue weighted by molar-refractivity contribution is 8.00. The van der Waals surface area contributed by atoms with Crippen molar-refractivity contribution >= 4 is 17.7 Å². The molecule has 1 amide bonds. The van der Waals surface area contributed by atoms with Crippen molar-refractivity contribution < 1.29 is 9.21 Å². The molecule has 0 aliphatic heterocycles. The van der Waals surface area contributed by atoms with Gasteiger partial charge in [0.1, 0.15) is 0 Å². The van der Waals surface area contributed by atoms with Crippen molar-refractivity contribution in [1.29, 1.82) is 0 Å². The number of amides is 1. The molecule has 0 bridgehead atoms. The molecule has 1 saturated carbocycles. The summed E-state index contributed by atoms with van der Waals surface area (Å²) in [5.74, 6) is 1.23. The van der Waals surface area contributed by atoms with E-state index in [0.717, 1.165) is 24.3 Å². The average molecular weight is 375 g/mol. The van der Waals surface area contributed by atoms with Gasteiger partial charge in [0.25, 0.3) is 5.22 Å². The first-order valence-electron chi connectivity index (χ1n) is 9.30. The molecular weight excluding hydrogens is 348 g/mol. The number of nitrogens with one attached hydrogen (secondary N) is 1. The second kappa shape index (κ2) is 9.16. The lowest BCUT2D eigenvalue weighted by Crippen LogP contribution is -2.35. The minimum Gasteiger partial charge on any atom is -0.416 e.